The summed E-state index contributed by atoms with van der Waals surface area (Å²) in [4.78, 5) is 2.52. The smallest absolute Gasteiger partial charge is 0.179 e. The molecular weight excluding hydrogens is 310 g/mol. The average molecular weight is 332 g/mol. The molecule has 0 aliphatic carbocycles. The van der Waals surface area contributed by atoms with Crippen molar-refractivity contribution in [1.82, 2.24) is 4.90 Å². The van der Waals surface area contributed by atoms with Gasteiger partial charge < -0.3 is 5.11 Å². The summed E-state index contributed by atoms with van der Waals surface area (Å²) in [5, 5.41) is 9.65. The molecule has 0 aromatic heterocycles. The highest BCUT2D eigenvalue weighted by Gasteiger charge is 2.24. The molecule has 0 spiro atoms. The van der Waals surface area contributed by atoms with Gasteiger partial charge in [0.15, 0.2) is 9.84 Å². The largest absolute Gasteiger partial charge is 0.396 e. The van der Waals surface area contributed by atoms with Crippen molar-refractivity contribution in [2.24, 2.45) is 0 Å². The van der Waals surface area contributed by atoms with E-state index in [2.05, 4.69) is 4.90 Å². The van der Waals surface area contributed by atoms with Crippen molar-refractivity contribution < 1.29 is 13.5 Å². The van der Waals surface area contributed by atoms with Crippen LogP contribution in [-0.2, 0) is 9.84 Å². The van der Waals surface area contributed by atoms with Gasteiger partial charge >= 0.3 is 0 Å². The third-order valence-corrected chi connectivity index (χ3v) is 5.99. The van der Waals surface area contributed by atoms with Crippen LogP contribution in [0.3, 0.4) is 0 Å². The fraction of sp³-hybridized carbons (Fsp3) is 0.600. The van der Waals surface area contributed by atoms with E-state index in [-0.39, 0.29) is 12.4 Å². The molecule has 0 amide bonds. The minimum Gasteiger partial charge on any atom is -0.396 e. The summed E-state index contributed by atoms with van der Waals surface area (Å²) in [6.45, 7) is 1.60. The van der Waals surface area contributed by atoms with Gasteiger partial charge in [-0.05, 0) is 50.1 Å². The number of aliphatic hydroxyl groups is 1. The minimum absolute atomic E-state index is 0.108. The molecule has 1 aromatic carbocycles. The molecule has 1 aromatic rings. The summed E-state index contributed by atoms with van der Waals surface area (Å²) in [5.41, 5.74) is 0. The summed E-state index contributed by atoms with van der Waals surface area (Å²) in [6.07, 6.45) is 4.02. The zero-order chi connectivity index (χ0) is 15.3. The monoisotopic (exact) mass is 331 g/mol. The number of hydrogen-bond donors (Lipinski definition) is 1. The molecular formula is C15H22ClNO3S. The SMILES string of the molecule is O=S(=O)(CCN1CCCCC1CCO)c1ccc(Cl)cc1. The highest BCUT2D eigenvalue weighted by Crippen LogP contribution is 2.21. The second kappa shape index (κ2) is 7.58. The van der Waals surface area contributed by atoms with E-state index in [4.69, 9.17) is 16.7 Å². The summed E-state index contributed by atoms with van der Waals surface area (Å²) in [6, 6.07) is 6.62. The lowest BCUT2D eigenvalue weighted by Crippen LogP contribution is -2.42. The maximum atomic E-state index is 12.3. The first-order valence-electron chi connectivity index (χ1n) is 7.36. The zero-order valence-corrected chi connectivity index (χ0v) is 13.6. The number of likely N-dealkylation sites (tertiary alicyclic amines) is 1. The lowest BCUT2D eigenvalue weighted by atomic mass is 10.00. The molecule has 2 rings (SSSR count). The molecule has 1 atom stereocenters. The molecule has 6 heteroatoms. The average Bonchev–Trinajstić information content (AvgIpc) is 2.47. The molecule has 0 saturated carbocycles. The molecule has 1 fully saturated rings. The molecule has 1 aliphatic heterocycles. The van der Waals surface area contributed by atoms with Crippen LogP contribution in [0.25, 0.3) is 0 Å². The Morgan fingerprint density at radius 2 is 1.95 bits per heavy atom. The standard InChI is InChI=1S/C15H22ClNO3S/c16-13-4-6-15(7-5-13)21(19,20)12-10-17-9-2-1-3-14(17)8-11-18/h4-7,14,18H,1-3,8-12H2. The van der Waals surface area contributed by atoms with Gasteiger partial charge in [0.05, 0.1) is 10.6 Å². The van der Waals surface area contributed by atoms with E-state index in [0.717, 1.165) is 32.2 Å². The van der Waals surface area contributed by atoms with E-state index in [1.165, 1.54) is 0 Å². The van der Waals surface area contributed by atoms with E-state index in [1.54, 1.807) is 24.3 Å². The molecule has 1 saturated heterocycles. The number of rotatable bonds is 6. The highest BCUT2D eigenvalue weighted by atomic mass is 35.5. The Labute approximate surface area is 131 Å². The van der Waals surface area contributed by atoms with Crippen molar-refractivity contribution in [3.63, 3.8) is 0 Å². The fourth-order valence-corrected chi connectivity index (χ4v) is 4.21. The van der Waals surface area contributed by atoms with Crippen molar-refractivity contribution in [3.05, 3.63) is 29.3 Å². The maximum absolute atomic E-state index is 12.3. The number of hydrogen-bond acceptors (Lipinski definition) is 4. The first kappa shape index (κ1) is 16.7. The van der Waals surface area contributed by atoms with Crippen LogP contribution in [0, 0.1) is 0 Å². The third-order valence-electron chi connectivity index (χ3n) is 4.03. The zero-order valence-electron chi connectivity index (χ0n) is 12.0. The van der Waals surface area contributed by atoms with Gasteiger partial charge in [-0.15, -0.1) is 0 Å². The van der Waals surface area contributed by atoms with Gasteiger partial charge in [0.25, 0.3) is 0 Å². The van der Waals surface area contributed by atoms with Crippen LogP contribution in [-0.4, -0.2) is 49.9 Å². The van der Waals surface area contributed by atoms with E-state index in [9.17, 15) is 8.42 Å². The summed E-state index contributed by atoms with van der Waals surface area (Å²) in [7, 11) is -3.28. The number of sulfone groups is 1. The van der Waals surface area contributed by atoms with Crippen molar-refractivity contribution in [3.8, 4) is 0 Å². The topological polar surface area (TPSA) is 57.6 Å². The Kier molecular flexibility index (Phi) is 6.05. The fourth-order valence-electron chi connectivity index (χ4n) is 2.83. The first-order valence-corrected chi connectivity index (χ1v) is 9.39. The van der Waals surface area contributed by atoms with Gasteiger partial charge in [-0.25, -0.2) is 8.42 Å². The summed E-state index contributed by atoms with van der Waals surface area (Å²) >= 11 is 5.79. The van der Waals surface area contributed by atoms with E-state index < -0.39 is 9.84 Å². The van der Waals surface area contributed by atoms with Gasteiger partial charge in [0.1, 0.15) is 0 Å². The van der Waals surface area contributed by atoms with Crippen LogP contribution >= 0.6 is 11.6 Å². The maximum Gasteiger partial charge on any atom is 0.179 e. The number of piperidine rings is 1. The Balaban J connectivity index is 1.98. The van der Waals surface area contributed by atoms with E-state index in [0.29, 0.717) is 22.5 Å². The van der Waals surface area contributed by atoms with Crippen LogP contribution in [0.5, 0.6) is 0 Å². The van der Waals surface area contributed by atoms with Crippen molar-refractivity contribution in [1.29, 1.82) is 0 Å². The van der Waals surface area contributed by atoms with Crippen LogP contribution in [0.2, 0.25) is 5.02 Å². The van der Waals surface area contributed by atoms with Crippen molar-refractivity contribution in [2.75, 3.05) is 25.4 Å². The van der Waals surface area contributed by atoms with E-state index in [1.807, 2.05) is 0 Å². The molecule has 0 bridgehead atoms. The molecule has 1 heterocycles. The van der Waals surface area contributed by atoms with Gasteiger partial charge in [-0.2, -0.15) is 0 Å². The Hall–Kier alpha value is -0.620. The second-order valence-electron chi connectivity index (χ2n) is 5.47. The highest BCUT2D eigenvalue weighted by molar-refractivity contribution is 7.91. The van der Waals surface area contributed by atoms with Crippen LogP contribution in [0.15, 0.2) is 29.2 Å². The van der Waals surface area contributed by atoms with Gasteiger partial charge in [0.2, 0.25) is 0 Å². The normalized spacial score (nSPS) is 20.6. The van der Waals surface area contributed by atoms with Crippen molar-refractivity contribution in [2.45, 2.75) is 36.6 Å². The summed E-state index contributed by atoms with van der Waals surface area (Å²) in [5.74, 6) is 0.108. The lowest BCUT2D eigenvalue weighted by Gasteiger charge is -2.35. The Morgan fingerprint density at radius 1 is 1.24 bits per heavy atom. The van der Waals surface area contributed by atoms with Gasteiger partial charge in [-0.3, -0.25) is 4.90 Å². The molecule has 0 radical (unpaired) electrons. The van der Waals surface area contributed by atoms with Gasteiger partial charge in [0, 0.05) is 24.2 Å². The molecule has 21 heavy (non-hydrogen) atoms. The predicted molar refractivity (Wildman–Crippen MR) is 84.4 cm³/mol. The number of aliphatic hydroxyl groups excluding tert-OH is 1. The minimum atomic E-state index is -3.28. The van der Waals surface area contributed by atoms with E-state index >= 15 is 0 Å². The number of benzene rings is 1. The molecule has 118 valence electrons. The van der Waals surface area contributed by atoms with Gasteiger partial charge in [-0.1, -0.05) is 18.0 Å². The first-order chi connectivity index (χ1) is 10.0. The Bertz CT molecular complexity index is 543. The van der Waals surface area contributed by atoms with Crippen molar-refractivity contribution >= 4 is 21.4 Å². The summed E-state index contributed by atoms with van der Waals surface area (Å²) < 4.78 is 24.7. The molecule has 1 aliphatic rings. The quantitative estimate of drug-likeness (QED) is 0.869. The molecule has 4 nitrogen and oxygen atoms in total. The molecule has 1 N–H and O–H groups in total. The second-order valence-corrected chi connectivity index (χ2v) is 8.02. The number of halogens is 1. The van der Waals surface area contributed by atoms with Crippen LogP contribution < -0.4 is 0 Å². The number of nitrogens with zero attached hydrogens (tertiary/aromatic N) is 1. The predicted octanol–water partition coefficient (Wildman–Crippen LogP) is 2.35. The third kappa shape index (κ3) is 4.68. The lowest BCUT2D eigenvalue weighted by molar-refractivity contribution is 0.126. The Morgan fingerprint density at radius 3 is 2.62 bits per heavy atom. The molecule has 1 unspecified atom stereocenters. The van der Waals surface area contributed by atoms with Crippen LogP contribution in [0.4, 0.5) is 0 Å². The van der Waals surface area contributed by atoms with Crippen LogP contribution in [0.1, 0.15) is 25.7 Å².